The normalized spacial score (nSPS) is 8.17. The number of hydrogen-bond donors (Lipinski definition) is 0. The van der Waals surface area contributed by atoms with Crippen molar-refractivity contribution in [3.63, 3.8) is 0 Å². The summed E-state index contributed by atoms with van der Waals surface area (Å²) in [5, 5.41) is 8.04. The Morgan fingerprint density at radius 1 is 1.83 bits per heavy atom. The Bertz CT molecular complexity index is 48.8. The molecule has 0 N–H and O–H groups in total. The van der Waals surface area contributed by atoms with Crippen LogP contribution in [0.25, 0.3) is 5.41 Å². The molecule has 0 aromatic carbocycles. The van der Waals surface area contributed by atoms with E-state index in [1.165, 1.54) is 0 Å². The minimum Gasteiger partial charge on any atom is -0.816 e. The Labute approximate surface area is 54.7 Å². The number of hydrogen-bond acceptors (Lipinski definition) is 0. The van der Waals surface area contributed by atoms with E-state index < -0.39 is 0 Å². The van der Waals surface area contributed by atoms with Crippen molar-refractivity contribution in [3.8, 4) is 0 Å². The molecule has 0 saturated carbocycles. The molecule has 0 fully saturated rings. The standard InChI is InChI=1S/CH3BNP2.V/c2-1(3)5-4;/h5H,4H2;/q-1;. The van der Waals surface area contributed by atoms with Gasteiger partial charge in [-0.1, -0.05) is 0 Å². The minimum atomic E-state index is -0.00463. The quantitative estimate of drug-likeness (QED) is 0.298. The summed E-state index contributed by atoms with van der Waals surface area (Å²) in [6.45, 7) is 0. The predicted molar refractivity (Wildman–Crippen MR) is 32.1 cm³/mol. The summed E-state index contributed by atoms with van der Waals surface area (Å²) in [5.41, 5.74) is 0. The summed E-state index contributed by atoms with van der Waals surface area (Å²) in [4.78, 5) is 0. The largest absolute Gasteiger partial charge is 0.816 e. The summed E-state index contributed by atoms with van der Waals surface area (Å²) in [6, 6.07) is 0. The van der Waals surface area contributed by atoms with Crippen LogP contribution in [-0.4, -0.2) is 13.2 Å². The van der Waals surface area contributed by atoms with Crippen LogP contribution in [0.5, 0.6) is 0 Å². The van der Waals surface area contributed by atoms with E-state index in [9.17, 15) is 0 Å². The number of nitrogens with zero attached hydrogens (tertiary/aromatic N) is 1. The van der Waals surface area contributed by atoms with Gasteiger partial charge in [0.05, 0.1) is 7.85 Å². The van der Waals surface area contributed by atoms with Crippen LogP contribution in [0.1, 0.15) is 0 Å². The molecule has 0 spiro atoms. The first-order chi connectivity index (χ1) is 2.27. The Hall–Kier alpha value is 1.18. The van der Waals surface area contributed by atoms with Crippen LogP contribution in [0.3, 0.4) is 0 Å². The van der Waals surface area contributed by atoms with Crippen molar-refractivity contribution in [2.24, 2.45) is 0 Å². The molecule has 5 heteroatoms. The van der Waals surface area contributed by atoms with Crippen molar-refractivity contribution in [2.75, 3.05) is 0 Å². The van der Waals surface area contributed by atoms with Gasteiger partial charge in [0.15, 0.2) is 0 Å². The summed E-state index contributed by atoms with van der Waals surface area (Å²) < 4.78 is 0. The molecule has 1 nitrogen and oxygen atoms in total. The van der Waals surface area contributed by atoms with Gasteiger partial charge in [0.2, 0.25) is 0 Å². The Morgan fingerprint density at radius 2 is 2.00 bits per heavy atom. The molecule has 2 atom stereocenters. The van der Waals surface area contributed by atoms with E-state index in [0.717, 1.165) is 0 Å². The van der Waals surface area contributed by atoms with Crippen molar-refractivity contribution in [3.05, 3.63) is 5.41 Å². The van der Waals surface area contributed by atoms with Gasteiger partial charge in [-0.25, -0.2) is 5.35 Å². The molecule has 0 amide bonds. The van der Waals surface area contributed by atoms with E-state index in [2.05, 4.69) is 8.93 Å². The average molecular weight is 153 g/mol. The maximum Gasteiger partial charge on any atom is 0.0792 e. The first-order valence-corrected chi connectivity index (χ1v) is 3.86. The molecule has 0 heterocycles. The monoisotopic (exact) mass is 153 g/mol. The third-order valence-corrected chi connectivity index (χ3v) is 1.33. The van der Waals surface area contributed by atoms with E-state index in [4.69, 9.17) is 13.3 Å². The van der Waals surface area contributed by atoms with Crippen LogP contribution < -0.4 is 0 Å². The third kappa shape index (κ3) is 8.95. The van der Waals surface area contributed by atoms with Crippen molar-refractivity contribution >= 4 is 30.4 Å². The zero-order valence-corrected chi connectivity index (χ0v) is 6.60. The maximum absolute atomic E-state index is 8.05. The van der Waals surface area contributed by atoms with Crippen LogP contribution in [0.15, 0.2) is 0 Å². The van der Waals surface area contributed by atoms with Gasteiger partial charge < -0.3 is 5.41 Å². The van der Waals surface area contributed by atoms with Gasteiger partial charge in [-0.3, -0.25) is 0 Å². The van der Waals surface area contributed by atoms with Gasteiger partial charge in [-0.15, -0.1) is 17.2 Å². The third-order valence-electron chi connectivity index (χ3n) is 0.148. The fraction of sp³-hybridized carbons (Fsp3) is 0. The van der Waals surface area contributed by atoms with Crippen LogP contribution in [0.2, 0.25) is 0 Å². The van der Waals surface area contributed by atoms with Crippen LogP contribution in [0.4, 0.5) is 0 Å². The Kier molecular flexibility index (Phi) is 10.5. The maximum atomic E-state index is 8.05. The predicted octanol–water partition coefficient (Wildman–Crippen LogP) is 0.546. The van der Waals surface area contributed by atoms with Crippen molar-refractivity contribution in [1.82, 2.24) is 0 Å². The van der Waals surface area contributed by atoms with Crippen molar-refractivity contribution in [2.45, 2.75) is 0 Å². The molecule has 0 aliphatic heterocycles. The molecule has 31 valence electrons. The molecule has 0 aromatic rings. The van der Waals surface area contributed by atoms with E-state index >= 15 is 0 Å². The van der Waals surface area contributed by atoms with Gasteiger partial charge in [-0.05, 0) is 0 Å². The van der Waals surface area contributed by atoms with Gasteiger partial charge in [-0.2, -0.15) is 0 Å². The second kappa shape index (κ2) is 6.18. The van der Waals surface area contributed by atoms with Crippen molar-refractivity contribution in [1.29, 1.82) is 0 Å². The average Bonchev–Trinajstić information content (AvgIpc) is 1.38. The first-order valence-electron chi connectivity index (χ1n) is 1.05. The summed E-state index contributed by atoms with van der Waals surface area (Å²) in [7, 11) is 7.35. The van der Waals surface area contributed by atoms with Gasteiger partial charge in [0.1, 0.15) is 0 Å². The minimum absolute atomic E-state index is 0. The van der Waals surface area contributed by atoms with Crippen LogP contribution in [-0.2, 0) is 18.6 Å². The second-order valence-electron chi connectivity index (χ2n) is 0.530. The van der Waals surface area contributed by atoms with Gasteiger partial charge in [0, 0.05) is 18.6 Å². The zero-order valence-electron chi connectivity index (χ0n) is 3.05. The molecular weight excluding hydrogens is 150 g/mol. The van der Waals surface area contributed by atoms with E-state index in [-0.39, 0.29) is 32.2 Å². The molecule has 0 aliphatic carbocycles. The Balaban J connectivity index is 0. The molecule has 2 unspecified atom stereocenters. The van der Waals surface area contributed by atoms with E-state index in [1.54, 1.807) is 0 Å². The summed E-state index contributed by atoms with van der Waals surface area (Å²) in [6.07, 6.45) is 0. The Morgan fingerprint density at radius 3 is 2.00 bits per heavy atom. The molecular formula is CH3BNP2V-. The number of rotatable bonds is 1. The molecule has 0 aromatic heterocycles. The SMILES string of the molecule is [B]C(=[N-])PP.[V]. The molecule has 0 aliphatic rings. The second-order valence-corrected chi connectivity index (χ2v) is 2.20. The van der Waals surface area contributed by atoms with Gasteiger partial charge >= 0.3 is 0 Å². The summed E-state index contributed by atoms with van der Waals surface area (Å²) in [5.74, 6) is 0. The van der Waals surface area contributed by atoms with Crippen LogP contribution >= 0.6 is 17.2 Å². The molecule has 3 radical (unpaired) electrons. The molecule has 0 rings (SSSR count). The fourth-order valence-electron chi connectivity index (χ4n) is 0. The molecule has 0 bridgehead atoms. The van der Waals surface area contributed by atoms with Crippen molar-refractivity contribution < 1.29 is 18.6 Å². The van der Waals surface area contributed by atoms with Gasteiger partial charge in [0.25, 0.3) is 0 Å². The summed E-state index contributed by atoms with van der Waals surface area (Å²) >= 11 is 0. The molecule has 6 heavy (non-hydrogen) atoms. The fourth-order valence-corrected chi connectivity index (χ4v) is 0. The molecule has 0 saturated heterocycles. The first kappa shape index (κ1) is 10.2. The smallest absolute Gasteiger partial charge is 0.0792 e. The van der Waals surface area contributed by atoms with E-state index in [1.807, 2.05) is 0 Å². The van der Waals surface area contributed by atoms with E-state index in [0.29, 0.717) is 0 Å². The zero-order chi connectivity index (χ0) is 4.28. The topological polar surface area (TPSA) is 22.3 Å². The van der Waals surface area contributed by atoms with Crippen LogP contribution in [0, 0.1) is 0 Å².